The fourth-order valence-electron chi connectivity index (χ4n) is 5.17. The monoisotopic (exact) mass is 536 g/mol. The van der Waals surface area contributed by atoms with Crippen LogP contribution in [0, 0.1) is 0 Å². The van der Waals surface area contributed by atoms with Crippen LogP contribution in [-0.2, 0) is 14.3 Å². The van der Waals surface area contributed by atoms with Gasteiger partial charge in [0.15, 0.2) is 11.5 Å². The van der Waals surface area contributed by atoms with Crippen molar-refractivity contribution in [1.29, 1.82) is 0 Å². The fourth-order valence-corrected chi connectivity index (χ4v) is 5.17. The molecule has 2 aromatic carbocycles. The van der Waals surface area contributed by atoms with Gasteiger partial charge in [0.05, 0.1) is 31.4 Å². The molecule has 3 heterocycles. The molecule has 1 N–H and O–H groups in total. The molecule has 0 unspecified atom stereocenters. The molecule has 0 bridgehead atoms. The summed E-state index contributed by atoms with van der Waals surface area (Å²) in [4.78, 5) is 30.6. The largest absolute Gasteiger partial charge is 0.507 e. The zero-order valence-corrected chi connectivity index (χ0v) is 22.4. The smallest absolute Gasteiger partial charge is 0.295 e. The van der Waals surface area contributed by atoms with Crippen molar-refractivity contribution in [3.63, 3.8) is 0 Å². The number of unbranched alkanes of at least 4 members (excludes halogenated alkanes) is 1. The Morgan fingerprint density at radius 1 is 0.949 bits per heavy atom. The van der Waals surface area contributed by atoms with Crippen LogP contribution in [0.5, 0.6) is 17.2 Å². The second-order valence-corrected chi connectivity index (χ2v) is 9.93. The van der Waals surface area contributed by atoms with Crippen LogP contribution in [0.25, 0.3) is 5.76 Å². The number of morpholine rings is 1. The van der Waals surface area contributed by atoms with Crippen LogP contribution in [0.4, 0.5) is 0 Å². The van der Waals surface area contributed by atoms with Crippen LogP contribution in [0.15, 0.2) is 48.0 Å². The number of amides is 1. The van der Waals surface area contributed by atoms with Crippen molar-refractivity contribution >= 4 is 17.4 Å². The fraction of sp³-hybridized carbons (Fsp3) is 0.467. The Labute approximate surface area is 228 Å². The number of ketones is 1. The lowest BCUT2D eigenvalue weighted by Crippen LogP contribution is -2.38. The minimum absolute atomic E-state index is 0.0719. The van der Waals surface area contributed by atoms with Crippen LogP contribution in [0.3, 0.4) is 0 Å². The number of aliphatic hydroxyl groups is 1. The number of aliphatic hydroxyl groups excluding tert-OH is 1. The highest BCUT2D eigenvalue weighted by atomic mass is 16.6. The summed E-state index contributed by atoms with van der Waals surface area (Å²) in [6, 6.07) is 11.7. The zero-order valence-electron chi connectivity index (χ0n) is 22.4. The lowest BCUT2D eigenvalue weighted by atomic mass is 9.95. The Morgan fingerprint density at radius 2 is 1.69 bits per heavy atom. The third-order valence-corrected chi connectivity index (χ3v) is 7.30. The van der Waals surface area contributed by atoms with E-state index in [1.165, 1.54) is 0 Å². The highest BCUT2D eigenvalue weighted by Crippen LogP contribution is 2.41. The normalized spacial score (nSPS) is 20.8. The van der Waals surface area contributed by atoms with E-state index >= 15 is 0 Å². The summed E-state index contributed by atoms with van der Waals surface area (Å²) in [6.45, 7) is 7.88. The average Bonchev–Trinajstić information content (AvgIpc) is 3.22. The Balaban J connectivity index is 1.45. The summed E-state index contributed by atoms with van der Waals surface area (Å²) >= 11 is 0. The molecule has 39 heavy (non-hydrogen) atoms. The van der Waals surface area contributed by atoms with Gasteiger partial charge in [-0.05, 0) is 48.7 Å². The Hall–Kier alpha value is -3.56. The first-order valence-electron chi connectivity index (χ1n) is 13.8. The van der Waals surface area contributed by atoms with E-state index in [9.17, 15) is 14.7 Å². The zero-order chi connectivity index (χ0) is 27.2. The number of benzene rings is 2. The van der Waals surface area contributed by atoms with Crippen molar-refractivity contribution in [2.24, 2.45) is 0 Å². The van der Waals surface area contributed by atoms with Gasteiger partial charge in [-0.15, -0.1) is 0 Å². The van der Waals surface area contributed by atoms with Gasteiger partial charge in [0.25, 0.3) is 11.7 Å². The number of rotatable bonds is 10. The molecular weight excluding hydrogens is 500 g/mol. The Morgan fingerprint density at radius 3 is 2.44 bits per heavy atom. The van der Waals surface area contributed by atoms with Crippen molar-refractivity contribution in [1.82, 2.24) is 9.80 Å². The quantitative estimate of drug-likeness (QED) is 0.212. The number of carbonyl (C=O) groups is 2. The lowest BCUT2D eigenvalue weighted by molar-refractivity contribution is -0.140. The van der Waals surface area contributed by atoms with Gasteiger partial charge in [0, 0.05) is 31.7 Å². The molecule has 1 atom stereocenters. The topological polar surface area (TPSA) is 97.8 Å². The molecule has 0 radical (unpaired) electrons. The number of fused-ring (bicyclic) bond motifs is 1. The van der Waals surface area contributed by atoms with Crippen LogP contribution >= 0.6 is 0 Å². The first kappa shape index (κ1) is 27.0. The summed E-state index contributed by atoms with van der Waals surface area (Å²) in [5.74, 6) is 0.274. The van der Waals surface area contributed by atoms with Crippen molar-refractivity contribution < 1.29 is 33.6 Å². The SMILES string of the molecule is CCCCOc1ccc([C@H]2C(=C(O)c3ccc4c(c3)OCCO4)C(=O)C(=O)N2CCCN2CCOCC2)cc1. The number of ether oxygens (including phenoxy) is 4. The molecule has 0 aromatic heterocycles. The van der Waals surface area contributed by atoms with Gasteiger partial charge in [-0.1, -0.05) is 25.5 Å². The molecule has 3 aliphatic rings. The molecule has 9 heteroatoms. The van der Waals surface area contributed by atoms with Gasteiger partial charge < -0.3 is 29.0 Å². The number of nitrogens with zero attached hydrogens (tertiary/aromatic N) is 2. The summed E-state index contributed by atoms with van der Waals surface area (Å²) in [6.07, 6.45) is 2.70. The Bertz CT molecular complexity index is 1200. The number of hydrogen-bond donors (Lipinski definition) is 1. The molecule has 9 nitrogen and oxygen atoms in total. The van der Waals surface area contributed by atoms with Gasteiger partial charge in [-0.3, -0.25) is 14.5 Å². The maximum absolute atomic E-state index is 13.4. The van der Waals surface area contributed by atoms with E-state index in [-0.39, 0.29) is 11.3 Å². The van der Waals surface area contributed by atoms with Crippen molar-refractivity contribution in [3.05, 3.63) is 59.2 Å². The molecular formula is C30H36N2O7. The molecule has 208 valence electrons. The van der Waals surface area contributed by atoms with Crippen molar-refractivity contribution in [2.75, 3.05) is 59.2 Å². The van der Waals surface area contributed by atoms with Crippen LogP contribution < -0.4 is 14.2 Å². The van der Waals surface area contributed by atoms with Crippen molar-refractivity contribution in [2.45, 2.75) is 32.2 Å². The van der Waals surface area contributed by atoms with E-state index in [0.29, 0.717) is 63.1 Å². The molecule has 2 fully saturated rings. The lowest BCUT2D eigenvalue weighted by Gasteiger charge is -2.29. The van der Waals surface area contributed by atoms with Crippen LogP contribution in [0.2, 0.25) is 0 Å². The van der Waals surface area contributed by atoms with Gasteiger partial charge >= 0.3 is 0 Å². The molecule has 3 aliphatic heterocycles. The third-order valence-electron chi connectivity index (χ3n) is 7.30. The predicted molar refractivity (Wildman–Crippen MR) is 145 cm³/mol. The number of hydrogen-bond acceptors (Lipinski definition) is 8. The molecule has 5 rings (SSSR count). The second kappa shape index (κ2) is 12.5. The van der Waals surface area contributed by atoms with Crippen molar-refractivity contribution in [3.8, 4) is 17.2 Å². The van der Waals surface area contributed by atoms with E-state index in [1.54, 1.807) is 23.1 Å². The first-order chi connectivity index (χ1) is 19.1. The summed E-state index contributed by atoms with van der Waals surface area (Å²) in [5, 5.41) is 11.4. The van der Waals surface area contributed by atoms with E-state index in [2.05, 4.69) is 11.8 Å². The highest BCUT2D eigenvalue weighted by molar-refractivity contribution is 6.46. The molecule has 2 saturated heterocycles. The minimum atomic E-state index is -0.715. The minimum Gasteiger partial charge on any atom is -0.507 e. The molecule has 1 amide bonds. The number of carbonyl (C=O) groups excluding carboxylic acids is 2. The number of likely N-dealkylation sites (tertiary alicyclic amines) is 1. The summed E-state index contributed by atoms with van der Waals surface area (Å²) in [7, 11) is 0. The molecule has 2 aromatic rings. The third kappa shape index (κ3) is 6.04. The van der Waals surface area contributed by atoms with Gasteiger partial charge in [-0.25, -0.2) is 0 Å². The Kier molecular flexibility index (Phi) is 8.68. The van der Waals surface area contributed by atoms with Gasteiger partial charge in [-0.2, -0.15) is 0 Å². The van der Waals surface area contributed by atoms with Gasteiger partial charge in [0.2, 0.25) is 0 Å². The molecule has 0 aliphatic carbocycles. The van der Waals surface area contributed by atoms with Gasteiger partial charge in [0.1, 0.15) is 24.7 Å². The highest BCUT2D eigenvalue weighted by Gasteiger charge is 2.46. The molecule has 0 saturated carbocycles. The predicted octanol–water partition coefficient (Wildman–Crippen LogP) is 3.78. The maximum Gasteiger partial charge on any atom is 0.295 e. The van der Waals surface area contributed by atoms with Crippen LogP contribution in [0.1, 0.15) is 43.4 Å². The maximum atomic E-state index is 13.4. The second-order valence-electron chi connectivity index (χ2n) is 9.93. The standard InChI is InChI=1S/C30H36N2O7/c1-2-3-15-37-23-8-5-21(6-9-23)27-26(28(33)22-7-10-24-25(20-22)39-19-18-38-24)29(34)30(35)32(27)12-4-11-31-13-16-36-17-14-31/h5-10,20,27,33H,2-4,11-19H2,1H3/t27-/m0/s1. The van der Waals surface area contributed by atoms with E-state index in [4.69, 9.17) is 18.9 Å². The first-order valence-corrected chi connectivity index (χ1v) is 13.8. The summed E-state index contributed by atoms with van der Waals surface area (Å²) < 4.78 is 22.5. The van der Waals surface area contributed by atoms with E-state index < -0.39 is 17.7 Å². The summed E-state index contributed by atoms with van der Waals surface area (Å²) in [5.41, 5.74) is 1.21. The van der Waals surface area contributed by atoms with E-state index in [0.717, 1.165) is 43.8 Å². The van der Waals surface area contributed by atoms with Crippen LogP contribution in [-0.4, -0.2) is 85.8 Å². The average molecular weight is 537 g/mol. The molecule has 0 spiro atoms. The van der Waals surface area contributed by atoms with E-state index in [1.807, 2.05) is 24.3 Å². The number of Topliss-reactive ketones (excluding diaryl/α,β-unsaturated/α-hetero) is 1.